The lowest BCUT2D eigenvalue weighted by Gasteiger charge is -2.13. The van der Waals surface area contributed by atoms with Crippen LogP contribution in [0.4, 0.5) is 5.69 Å². The van der Waals surface area contributed by atoms with Gasteiger partial charge in [0.25, 0.3) is 5.91 Å². The summed E-state index contributed by atoms with van der Waals surface area (Å²) in [6.07, 6.45) is -0.0519. The van der Waals surface area contributed by atoms with Gasteiger partial charge in [-0.05, 0) is 44.0 Å². The molecule has 4 N–H and O–H groups in total. The number of aliphatic hydroxyl groups excluding tert-OH is 1. The lowest BCUT2D eigenvalue weighted by molar-refractivity contribution is -0.117. The maximum Gasteiger partial charge on any atom is 0.251 e. The quantitative estimate of drug-likeness (QED) is 0.646. The SMILES string of the molecule is CCNC(=O)c1ccc(NC(=O)C2CC(O)CN2)c(C)c1. The Morgan fingerprint density at radius 1 is 1.43 bits per heavy atom. The summed E-state index contributed by atoms with van der Waals surface area (Å²) in [5.41, 5.74) is 2.07. The molecule has 0 spiro atoms. The maximum absolute atomic E-state index is 12.1. The number of carbonyl (C=O) groups is 2. The van der Waals surface area contributed by atoms with Crippen molar-refractivity contribution in [3.8, 4) is 0 Å². The standard InChI is InChI=1S/C15H21N3O3/c1-3-16-14(20)10-4-5-12(9(2)6-10)18-15(21)13-7-11(19)8-17-13/h4-6,11,13,17,19H,3,7-8H2,1-2H3,(H,16,20)(H,18,21). The van der Waals surface area contributed by atoms with Crippen LogP contribution in [0.15, 0.2) is 18.2 Å². The second kappa shape index (κ2) is 6.69. The molecule has 1 saturated heterocycles. The molecule has 2 atom stereocenters. The van der Waals surface area contributed by atoms with Gasteiger partial charge in [-0.1, -0.05) is 0 Å². The highest BCUT2D eigenvalue weighted by Gasteiger charge is 2.28. The van der Waals surface area contributed by atoms with E-state index in [-0.39, 0.29) is 17.9 Å². The minimum absolute atomic E-state index is 0.126. The molecule has 6 heteroatoms. The third kappa shape index (κ3) is 3.80. The van der Waals surface area contributed by atoms with Gasteiger partial charge in [0, 0.05) is 24.3 Å². The number of amides is 2. The first-order valence-corrected chi connectivity index (χ1v) is 7.12. The van der Waals surface area contributed by atoms with Gasteiger partial charge in [-0.15, -0.1) is 0 Å². The summed E-state index contributed by atoms with van der Waals surface area (Å²) in [7, 11) is 0. The number of aryl methyl sites for hydroxylation is 1. The Morgan fingerprint density at radius 2 is 2.19 bits per heavy atom. The average Bonchev–Trinajstić information content (AvgIpc) is 2.88. The molecule has 2 rings (SSSR count). The number of carbonyl (C=O) groups excluding carboxylic acids is 2. The smallest absolute Gasteiger partial charge is 0.251 e. The summed E-state index contributed by atoms with van der Waals surface area (Å²) in [5.74, 6) is -0.292. The number of hydrogen-bond donors (Lipinski definition) is 4. The van der Waals surface area contributed by atoms with Crippen LogP contribution in [0.5, 0.6) is 0 Å². The molecule has 2 amide bonds. The molecule has 114 valence electrons. The number of anilines is 1. The van der Waals surface area contributed by atoms with Crippen molar-refractivity contribution in [3.63, 3.8) is 0 Å². The summed E-state index contributed by atoms with van der Waals surface area (Å²) < 4.78 is 0. The Kier molecular flexibility index (Phi) is 4.93. The van der Waals surface area contributed by atoms with Crippen LogP contribution in [-0.4, -0.2) is 42.2 Å². The van der Waals surface area contributed by atoms with Crippen molar-refractivity contribution < 1.29 is 14.7 Å². The number of rotatable bonds is 4. The minimum Gasteiger partial charge on any atom is -0.392 e. The van der Waals surface area contributed by atoms with Crippen molar-refractivity contribution in [1.29, 1.82) is 0 Å². The first kappa shape index (κ1) is 15.5. The fraction of sp³-hybridized carbons (Fsp3) is 0.467. The van der Waals surface area contributed by atoms with E-state index < -0.39 is 6.10 Å². The summed E-state index contributed by atoms with van der Waals surface area (Å²) >= 11 is 0. The Morgan fingerprint density at radius 3 is 2.76 bits per heavy atom. The molecule has 21 heavy (non-hydrogen) atoms. The number of aliphatic hydroxyl groups is 1. The average molecular weight is 291 g/mol. The van der Waals surface area contributed by atoms with E-state index in [0.29, 0.717) is 30.8 Å². The Hall–Kier alpha value is -1.92. The topological polar surface area (TPSA) is 90.5 Å². The van der Waals surface area contributed by atoms with Crippen LogP contribution in [-0.2, 0) is 4.79 Å². The lowest BCUT2D eigenvalue weighted by Crippen LogP contribution is -2.35. The van der Waals surface area contributed by atoms with E-state index in [9.17, 15) is 14.7 Å². The second-order valence-electron chi connectivity index (χ2n) is 5.23. The predicted molar refractivity (Wildman–Crippen MR) is 80.2 cm³/mol. The molecule has 1 aliphatic rings. The zero-order valence-corrected chi connectivity index (χ0v) is 12.3. The molecule has 1 aromatic rings. The van der Waals surface area contributed by atoms with E-state index in [0.717, 1.165) is 5.56 Å². The lowest BCUT2D eigenvalue weighted by atomic mass is 10.1. The van der Waals surface area contributed by atoms with Crippen molar-refractivity contribution in [3.05, 3.63) is 29.3 Å². The monoisotopic (exact) mass is 291 g/mol. The molecule has 0 radical (unpaired) electrons. The van der Waals surface area contributed by atoms with E-state index in [2.05, 4.69) is 16.0 Å². The van der Waals surface area contributed by atoms with Gasteiger partial charge in [0.05, 0.1) is 12.1 Å². The van der Waals surface area contributed by atoms with Gasteiger partial charge >= 0.3 is 0 Å². The molecule has 0 aromatic heterocycles. The molecule has 6 nitrogen and oxygen atoms in total. The Balaban J connectivity index is 2.04. The van der Waals surface area contributed by atoms with Gasteiger partial charge < -0.3 is 21.1 Å². The number of nitrogens with one attached hydrogen (secondary N) is 3. The largest absolute Gasteiger partial charge is 0.392 e. The maximum atomic E-state index is 12.1. The van der Waals surface area contributed by atoms with E-state index in [1.54, 1.807) is 18.2 Å². The van der Waals surface area contributed by atoms with Gasteiger partial charge in [-0.25, -0.2) is 0 Å². The number of β-amino-alcohol motifs (C(OH)–C–C–N with tert-alkyl or cyclic N) is 1. The zero-order chi connectivity index (χ0) is 15.4. The van der Waals surface area contributed by atoms with E-state index in [4.69, 9.17) is 0 Å². The van der Waals surface area contributed by atoms with E-state index in [1.165, 1.54) is 0 Å². The van der Waals surface area contributed by atoms with Gasteiger partial charge in [0.1, 0.15) is 0 Å². The van der Waals surface area contributed by atoms with Crippen LogP contribution in [0.1, 0.15) is 29.3 Å². The van der Waals surface area contributed by atoms with Crippen LogP contribution in [0, 0.1) is 6.92 Å². The third-order valence-electron chi connectivity index (χ3n) is 3.51. The molecular weight excluding hydrogens is 270 g/mol. The van der Waals surface area contributed by atoms with Crippen molar-refractivity contribution in [2.45, 2.75) is 32.4 Å². The summed E-state index contributed by atoms with van der Waals surface area (Å²) in [4.78, 5) is 23.8. The highest BCUT2D eigenvalue weighted by molar-refractivity contribution is 5.98. The molecule has 2 unspecified atom stereocenters. The van der Waals surface area contributed by atoms with Crippen molar-refractivity contribution in [1.82, 2.24) is 10.6 Å². The minimum atomic E-state index is -0.470. The zero-order valence-electron chi connectivity index (χ0n) is 12.3. The Bertz CT molecular complexity index is 545. The van der Waals surface area contributed by atoms with Crippen LogP contribution < -0.4 is 16.0 Å². The van der Waals surface area contributed by atoms with Crippen molar-refractivity contribution in [2.75, 3.05) is 18.4 Å². The number of hydrogen-bond acceptors (Lipinski definition) is 4. The van der Waals surface area contributed by atoms with Crippen LogP contribution >= 0.6 is 0 Å². The summed E-state index contributed by atoms with van der Waals surface area (Å²) in [5, 5.41) is 18.0. The van der Waals surface area contributed by atoms with Crippen LogP contribution in [0.2, 0.25) is 0 Å². The fourth-order valence-corrected chi connectivity index (χ4v) is 2.34. The van der Waals surface area contributed by atoms with Gasteiger partial charge in [0.15, 0.2) is 0 Å². The van der Waals surface area contributed by atoms with Gasteiger partial charge in [-0.3, -0.25) is 9.59 Å². The normalized spacial score (nSPS) is 21.1. The molecule has 1 aliphatic heterocycles. The summed E-state index contributed by atoms with van der Waals surface area (Å²) in [6.45, 7) is 4.72. The van der Waals surface area contributed by atoms with Crippen molar-refractivity contribution >= 4 is 17.5 Å². The number of benzene rings is 1. The first-order valence-electron chi connectivity index (χ1n) is 7.12. The third-order valence-corrected chi connectivity index (χ3v) is 3.51. The molecular formula is C15H21N3O3. The molecule has 1 aromatic carbocycles. The van der Waals surface area contributed by atoms with Crippen LogP contribution in [0.3, 0.4) is 0 Å². The fourth-order valence-electron chi connectivity index (χ4n) is 2.34. The highest BCUT2D eigenvalue weighted by atomic mass is 16.3. The molecule has 0 bridgehead atoms. The molecule has 0 saturated carbocycles. The highest BCUT2D eigenvalue weighted by Crippen LogP contribution is 2.18. The molecule has 0 aliphatic carbocycles. The van der Waals surface area contributed by atoms with Gasteiger partial charge in [-0.2, -0.15) is 0 Å². The van der Waals surface area contributed by atoms with Gasteiger partial charge in [0.2, 0.25) is 5.91 Å². The first-order chi connectivity index (χ1) is 10.0. The Labute approximate surface area is 123 Å². The molecule has 1 fully saturated rings. The molecule has 1 heterocycles. The van der Waals surface area contributed by atoms with E-state index >= 15 is 0 Å². The van der Waals surface area contributed by atoms with E-state index in [1.807, 2.05) is 13.8 Å². The second-order valence-corrected chi connectivity index (χ2v) is 5.23. The van der Waals surface area contributed by atoms with Crippen LogP contribution in [0.25, 0.3) is 0 Å². The summed E-state index contributed by atoms with van der Waals surface area (Å²) in [6, 6.07) is 4.79. The van der Waals surface area contributed by atoms with Crippen molar-refractivity contribution in [2.24, 2.45) is 0 Å². The predicted octanol–water partition coefficient (Wildman–Crippen LogP) is 0.406.